The van der Waals surface area contributed by atoms with Crippen molar-refractivity contribution in [1.29, 1.82) is 0 Å². The molecule has 2 aromatic carbocycles. The van der Waals surface area contributed by atoms with Crippen molar-refractivity contribution in [3.8, 4) is 5.75 Å². The second kappa shape index (κ2) is 5.65. The molecule has 0 bridgehead atoms. The van der Waals surface area contributed by atoms with Gasteiger partial charge in [0.15, 0.2) is 0 Å². The average molecular weight is 256 g/mol. The summed E-state index contributed by atoms with van der Waals surface area (Å²) in [4.78, 5) is 2.21. The standard InChI is InChI=1S/C16H20N2O/c1-12-6-4-5-7-16(12)18(2)11-13-8-14(17)10-15(9-13)19-3/h4-10H,11,17H2,1-3H3. The van der Waals surface area contributed by atoms with Gasteiger partial charge in [-0.15, -0.1) is 0 Å². The zero-order chi connectivity index (χ0) is 13.8. The molecule has 0 amide bonds. The lowest BCUT2D eigenvalue weighted by Crippen LogP contribution is -2.17. The van der Waals surface area contributed by atoms with Crippen LogP contribution < -0.4 is 15.4 Å². The van der Waals surface area contributed by atoms with Crippen molar-refractivity contribution in [2.75, 3.05) is 24.8 Å². The molecule has 3 nitrogen and oxygen atoms in total. The normalized spacial score (nSPS) is 10.3. The van der Waals surface area contributed by atoms with Crippen molar-refractivity contribution in [3.63, 3.8) is 0 Å². The minimum absolute atomic E-state index is 0.729. The van der Waals surface area contributed by atoms with Gasteiger partial charge in [-0.1, -0.05) is 18.2 Å². The summed E-state index contributed by atoms with van der Waals surface area (Å²) in [6.45, 7) is 2.91. The molecule has 0 fully saturated rings. The second-order valence-corrected chi connectivity index (χ2v) is 4.76. The summed E-state index contributed by atoms with van der Waals surface area (Å²) in [5.74, 6) is 0.799. The van der Waals surface area contributed by atoms with Gasteiger partial charge in [0.1, 0.15) is 5.75 Å². The van der Waals surface area contributed by atoms with E-state index in [0.29, 0.717) is 0 Å². The Morgan fingerprint density at radius 2 is 1.89 bits per heavy atom. The molecule has 0 aromatic heterocycles. The number of methoxy groups -OCH3 is 1. The van der Waals surface area contributed by atoms with Gasteiger partial charge in [0.2, 0.25) is 0 Å². The highest BCUT2D eigenvalue weighted by molar-refractivity contribution is 5.54. The van der Waals surface area contributed by atoms with Crippen LogP contribution in [0.2, 0.25) is 0 Å². The van der Waals surface area contributed by atoms with E-state index >= 15 is 0 Å². The molecular formula is C16H20N2O. The zero-order valence-corrected chi connectivity index (χ0v) is 11.7. The fourth-order valence-electron chi connectivity index (χ4n) is 2.25. The third-order valence-electron chi connectivity index (χ3n) is 3.17. The van der Waals surface area contributed by atoms with Crippen molar-refractivity contribution in [1.82, 2.24) is 0 Å². The Morgan fingerprint density at radius 3 is 2.58 bits per heavy atom. The van der Waals surface area contributed by atoms with Gasteiger partial charge >= 0.3 is 0 Å². The molecule has 19 heavy (non-hydrogen) atoms. The van der Waals surface area contributed by atoms with Gasteiger partial charge in [0, 0.05) is 31.0 Å². The number of nitrogen functional groups attached to an aromatic ring is 1. The molecule has 2 N–H and O–H groups in total. The molecule has 0 atom stereocenters. The van der Waals surface area contributed by atoms with Gasteiger partial charge in [0.25, 0.3) is 0 Å². The molecular weight excluding hydrogens is 236 g/mol. The Hall–Kier alpha value is -2.16. The van der Waals surface area contributed by atoms with Gasteiger partial charge < -0.3 is 15.4 Å². The molecule has 0 aliphatic heterocycles. The van der Waals surface area contributed by atoms with E-state index in [4.69, 9.17) is 10.5 Å². The third kappa shape index (κ3) is 3.19. The summed E-state index contributed by atoms with van der Waals surface area (Å²) in [7, 11) is 3.74. The summed E-state index contributed by atoms with van der Waals surface area (Å²) >= 11 is 0. The van der Waals surface area contributed by atoms with Crippen molar-refractivity contribution < 1.29 is 4.74 Å². The molecule has 2 aromatic rings. The highest BCUT2D eigenvalue weighted by Crippen LogP contribution is 2.23. The van der Waals surface area contributed by atoms with Crippen molar-refractivity contribution in [2.45, 2.75) is 13.5 Å². The van der Waals surface area contributed by atoms with E-state index in [1.165, 1.54) is 11.3 Å². The van der Waals surface area contributed by atoms with Crippen LogP contribution in [0.4, 0.5) is 11.4 Å². The molecule has 0 spiro atoms. The fourth-order valence-corrected chi connectivity index (χ4v) is 2.25. The maximum absolute atomic E-state index is 5.88. The molecule has 0 unspecified atom stereocenters. The van der Waals surface area contributed by atoms with Crippen LogP contribution in [0.1, 0.15) is 11.1 Å². The van der Waals surface area contributed by atoms with Crippen molar-refractivity contribution in [3.05, 3.63) is 53.6 Å². The van der Waals surface area contributed by atoms with Gasteiger partial charge in [-0.05, 0) is 36.2 Å². The van der Waals surface area contributed by atoms with Crippen molar-refractivity contribution >= 4 is 11.4 Å². The number of ether oxygens (including phenoxy) is 1. The molecule has 0 saturated carbocycles. The largest absolute Gasteiger partial charge is 0.497 e. The molecule has 3 heteroatoms. The number of aryl methyl sites for hydroxylation is 1. The van der Waals surface area contributed by atoms with Gasteiger partial charge in [-0.25, -0.2) is 0 Å². The average Bonchev–Trinajstić information content (AvgIpc) is 2.38. The molecule has 0 heterocycles. The third-order valence-corrected chi connectivity index (χ3v) is 3.17. The number of hydrogen-bond acceptors (Lipinski definition) is 3. The van der Waals surface area contributed by atoms with Gasteiger partial charge in [-0.3, -0.25) is 0 Å². The highest BCUT2D eigenvalue weighted by atomic mass is 16.5. The maximum atomic E-state index is 5.88. The minimum atomic E-state index is 0.729. The number of anilines is 2. The SMILES string of the molecule is COc1cc(N)cc(CN(C)c2ccccc2C)c1. The van der Waals surface area contributed by atoms with E-state index in [9.17, 15) is 0 Å². The lowest BCUT2D eigenvalue weighted by molar-refractivity contribution is 0.414. The first-order valence-corrected chi connectivity index (χ1v) is 6.30. The lowest BCUT2D eigenvalue weighted by atomic mass is 10.1. The van der Waals surface area contributed by atoms with Crippen LogP contribution >= 0.6 is 0 Å². The first-order valence-electron chi connectivity index (χ1n) is 6.30. The minimum Gasteiger partial charge on any atom is -0.497 e. The Labute approximate surface area is 114 Å². The van der Waals surface area contributed by atoms with E-state index in [2.05, 4.69) is 43.1 Å². The Balaban J connectivity index is 2.21. The number of nitrogens with two attached hydrogens (primary N) is 1. The molecule has 0 aliphatic carbocycles. The number of benzene rings is 2. The van der Waals surface area contributed by atoms with Crippen LogP contribution in [0.25, 0.3) is 0 Å². The molecule has 0 saturated heterocycles. The fraction of sp³-hybridized carbons (Fsp3) is 0.250. The summed E-state index contributed by atoms with van der Waals surface area (Å²) in [6, 6.07) is 14.2. The number of hydrogen-bond donors (Lipinski definition) is 1. The smallest absolute Gasteiger partial charge is 0.121 e. The Bertz CT molecular complexity index is 566. The molecule has 100 valence electrons. The van der Waals surface area contributed by atoms with E-state index in [0.717, 1.165) is 23.5 Å². The zero-order valence-electron chi connectivity index (χ0n) is 11.7. The van der Waals surface area contributed by atoms with Crippen LogP contribution in [-0.2, 0) is 6.54 Å². The number of para-hydroxylation sites is 1. The van der Waals surface area contributed by atoms with Gasteiger partial charge in [0.05, 0.1) is 7.11 Å². The first-order chi connectivity index (χ1) is 9.10. The number of nitrogens with zero attached hydrogens (tertiary/aromatic N) is 1. The van der Waals surface area contributed by atoms with Crippen LogP contribution in [0, 0.1) is 6.92 Å². The van der Waals surface area contributed by atoms with Crippen LogP contribution in [0.5, 0.6) is 5.75 Å². The predicted octanol–water partition coefficient (Wildman–Crippen LogP) is 3.22. The quantitative estimate of drug-likeness (QED) is 0.854. The van der Waals surface area contributed by atoms with Crippen LogP contribution in [-0.4, -0.2) is 14.2 Å². The number of rotatable bonds is 4. The monoisotopic (exact) mass is 256 g/mol. The lowest BCUT2D eigenvalue weighted by Gasteiger charge is -2.22. The summed E-state index contributed by atoms with van der Waals surface area (Å²) < 4.78 is 5.25. The highest BCUT2D eigenvalue weighted by Gasteiger charge is 2.06. The topological polar surface area (TPSA) is 38.5 Å². The van der Waals surface area contributed by atoms with Gasteiger partial charge in [-0.2, -0.15) is 0 Å². The van der Waals surface area contributed by atoms with Crippen molar-refractivity contribution in [2.24, 2.45) is 0 Å². The maximum Gasteiger partial charge on any atom is 0.121 e. The molecule has 2 rings (SSSR count). The molecule has 0 radical (unpaired) electrons. The van der Waals surface area contributed by atoms with E-state index in [1.54, 1.807) is 7.11 Å². The van der Waals surface area contributed by atoms with E-state index in [-0.39, 0.29) is 0 Å². The van der Waals surface area contributed by atoms with E-state index < -0.39 is 0 Å². The van der Waals surface area contributed by atoms with Crippen LogP contribution in [0.3, 0.4) is 0 Å². The Morgan fingerprint density at radius 1 is 1.16 bits per heavy atom. The molecule has 0 aliphatic rings. The van der Waals surface area contributed by atoms with Crippen LogP contribution in [0.15, 0.2) is 42.5 Å². The summed E-state index contributed by atoms with van der Waals surface area (Å²) in [5, 5.41) is 0. The first kappa shape index (κ1) is 13.3. The predicted molar refractivity (Wildman–Crippen MR) is 80.7 cm³/mol. The van der Waals surface area contributed by atoms with E-state index in [1.807, 2.05) is 18.2 Å². The summed E-state index contributed by atoms with van der Waals surface area (Å²) in [5.41, 5.74) is 10.2. The second-order valence-electron chi connectivity index (χ2n) is 4.76. The Kier molecular flexibility index (Phi) is 3.95. The summed E-state index contributed by atoms with van der Waals surface area (Å²) in [6.07, 6.45) is 0.